The number of nitrogens with zero attached hydrogens (tertiary/aromatic N) is 2. The minimum atomic E-state index is -0.208. The molecule has 0 spiro atoms. The Hall–Kier alpha value is -1.87. The van der Waals surface area contributed by atoms with E-state index in [0.29, 0.717) is 18.0 Å². The van der Waals surface area contributed by atoms with Crippen LogP contribution in [0.1, 0.15) is 11.4 Å². The lowest BCUT2D eigenvalue weighted by molar-refractivity contribution is 0.599. The van der Waals surface area contributed by atoms with Crippen molar-refractivity contribution in [2.75, 3.05) is 0 Å². The lowest BCUT2D eigenvalue weighted by Gasteiger charge is -2.08. The quantitative estimate of drug-likeness (QED) is 0.661. The highest BCUT2D eigenvalue weighted by Crippen LogP contribution is 2.20. The Kier molecular flexibility index (Phi) is 3.22. The zero-order valence-electron chi connectivity index (χ0n) is 10.2. The van der Waals surface area contributed by atoms with Gasteiger partial charge in [0, 0.05) is 5.56 Å². The second-order valence-corrected chi connectivity index (χ2v) is 4.60. The van der Waals surface area contributed by atoms with E-state index in [1.54, 1.807) is 12.1 Å². The second kappa shape index (κ2) is 5.02. The maximum Gasteiger partial charge on any atom is 0.128 e. The van der Waals surface area contributed by atoms with E-state index in [9.17, 15) is 4.39 Å². The van der Waals surface area contributed by atoms with Gasteiger partial charge in [-0.25, -0.2) is 9.37 Å². The topological polar surface area (TPSA) is 17.8 Å². The molecule has 1 aromatic heterocycles. The minimum absolute atomic E-state index is 0.208. The molecule has 0 aliphatic heterocycles. The summed E-state index contributed by atoms with van der Waals surface area (Å²) in [7, 11) is 0. The van der Waals surface area contributed by atoms with Gasteiger partial charge in [0.25, 0.3) is 0 Å². The van der Waals surface area contributed by atoms with Crippen molar-refractivity contribution >= 4 is 22.6 Å². The molecule has 0 radical (unpaired) electrons. The average Bonchev–Trinajstić information content (AvgIpc) is 2.79. The van der Waals surface area contributed by atoms with E-state index >= 15 is 0 Å². The van der Waals surface area contributed by atoms with Crippen molar-refractivity contribution in [2.24, 2.45) is 0 Å². The van der Waals surface area contributed by atoms with Gasteiger partial charge < -0.3 is 4.57 Å². The lowest BCUT2D eigenvalue weighted by Crippen LogP contribution is -2.05. The van der Waals surface area contributed by atoms with Crippen LogP contribution in [0.15, 0.2) is 48.5 Å². The molecule has 0 amide bonds. The first kappa shape index (κ1) is 12.2. The Balaban J connectivity index is 2.12. The van der Waals surface area contributed by atoms with Crippen LogP contribution in [0.4, 0.5) is 4.39 Å². The molecule has 0 saturated carbocycles. The number of benzene rings is 2. The van der Waals surface area contributed by atoms with Gasteiger partial charge in [-0.15, -0.1) is 11.6 Å². The first-order valence-electron chi connectivity index (χ1n) is 6.03. The zero-order valence-corrected chi connectivity index (χ0v) is 10.9. The highest BCUT2D eigenvalue weighted by Gasteiger charge is 2.11. The van der Waals surface area contributed by atoms with Crippen molar-refractivity contribution in [1.29, 1.82) is 0 Å². The zero-order chi connectivity index (χ0) is 13.2. The van der Waals surface area contributed by atoms with Gasteiger partial charge in [-0.3, -0.25) is 0 Å². The third kappa shape index (κ3) is 2.22. The fraction of sp³-hybridized carbons (Fsp3) is 0.133. The largest absolute Gasteiger partial charge is 0.322 e. The molecule has 19 heavy (non-hydrogen) atoms. The number of hydrogen-bond donors (Lipinski definition) is 0. The summed E-state index contributed by atoms with van der Waals surface area (Å²) < 4.78 is 15.7. The molecular formula is C15H12ClFN2. The first-order valence-corrected chi connectivity index (χ1v) is 6.56. The summed E-state index contributed by atoms with van der Waals surface area (Å²) in [5.74, 6) is 0.857. The van der Waals surface area contributed by atoms with Crippen LogP contribution in [0.2, 0.25) is 0 Å². The highest BCUT2D eigenvalue weighted by atomic mass is 35.5. The van der Waals surface area contributed by atoms with Crippen LogP contribution in [-0.2, 0) is 12.4 Å². The summed E-state index contributed by atoms with van der Waals surface area (Å²) in [6.45, 7) is 0.440. The molecule has 0 bridgehead atoms. The Labute approximate surface area is 115 Å². The Bertz CT molecular complexity index is 721. The Morgan fingerprint density at radius 2 is 1.79 bits per heavy atom. The molecule has 2 nitrogen and oxygen atoms in total. The van der Waals surface area contributed by atoms with Crippen molar-refractivity contribution in [3.05, 3.63) is 65.7 Å². The van der Waals surface area contributed by atoms with E-state index in [-0.39, 0.29) is 5.82 Å². The van der Waals surface area contributed by atoms with Gasteiger partial charge in [0.2, 0.25) is 0 Å². The summed E-state index contributed by atoms with van der Waals surface area (Å²) >= 11 is 5.93. The van der Waals surface area contributed by atoms with Crippen molar-refractivity contribution in [3.63, 3.8) is 0 Å². The average molecular weight is 275 g/mol. The molecule has 0 N–H and O–H groups in total. The lowest BCUT2D eigenvalue weighted by atomic mass is 10.2. The third-order valence-corrected chi connectivity index (χ3v) is 3.38. The van der Waals surface area contributed by atoms with Gasteiger partial charge >= 0.3 is 0 Å². The number of alkyl halides is 1. The normalized spacial score (nSPS) is 11.1. The molecule has 2 aromatic carbocycles. The number of halogens is 2. The molecule has 3 aromatic rings. The Morgan fingerprint density at radius 3 is 2.58 bits per heavy atom. The van der Waals surface area contributed by atoms with Gasteiger partial charge in [0.05, 0.1) is 23.5 Å². The molecule has 0 aliphatic rings. The Morgan fingerprint density at radius 1 is 1.05 bits per heavy atom. The molecule has 0 fully saturated rings. The van der Waals surface area contributed by atoms with E-state index in [0.717, 1.165) is 16.9 Å². The van der Waals surface area contributed by atoms with Gasteiger partial charge in [-0.2, -0.15) is 0 Å². The van der Waals surface area contributed by atoms with Crippen molar-refractivity contribution in [2.45, 2.75) is 12.4 Å². The molecule has 0 atom stereocenters. The van der Waals surface area contributed by atoms with Crippen LogP contribution >= 0.6 is 11.6 Å². The number of imidazole rings is 1. The highest BCUT2D eigenvalue weighted by molar-refractivity contribution is 6.16. The van der Waals surface area contributed by atoms with Crippen LogP contribution in [0.3, 0.4) is 0 Å². The molecule has 3 rings (SSSR count). The second-order valence-electron chi connectivity index (χ2n) is 4.33. The van der Waals surface area contributed by atoms with Crippen molar-refractivity contribution < 1.29 is 4.39 Å². The third-order valence-electron chi connectivity index (χ3n) is 3.14. The van der Waals surface area contributed by atoms with E-state index in [2.05, 4.69) is 4.98 Å². The van der Waals surface area contributed by atoms with Crippen LogP contribution in [0.5, 0.6) is 0 Å². The summed E-state index contributed by atoms with van der Waals surface area (Å²) in [5.41, 5.74) is 2.49. The fourth-order valence-electron chi connectivity index (χ4n) is 2.20. The molecule has 1 heterocycles. The van der Waals surface area contributed by atoms with Gasteiger partial charge in [0.15, 0.2) is 0 Å². The van der Waals surface area contributed by atoms with Crippen molar-refractivity contribution in [3.8, 4) is 0 Å². The predicted molar refractivity (Wildman–Crippen MR) is 74.8 cm³/mol. The number of para-hydroxylation sites is 2. The van der Waals surface area contributed by atoms with Crippen LogP contribution in [-0.4, -0.2) is 9.55 Å². The van der Waals surface area contributed by atoms with E-state index in [1.807, 2.05) is 34.9 Å². The molecule has 0 saturated heterocycles. The number of fused-ring (bicyclic) bond motifs is 1. The van der Waals surface area contributed by atoms with E-state index < -0.39 is 0 Å². The smallest absolute Gasteiger partial charge is 0.128 e. The number of hydrogen-bond acceptors (Lipinski definition) is 1. The molecule has 4 heteroatoms. The van der Waals surface area contributed by atoms with Crippen LogP contribution < -0.4 is 0 Å². The molecule has 96 valence electrons. The number of aromatic nitrogens is 2. The summed E-state index contributed by atoms with van der Waals surface area (Å²) in [4.78, 5) is 4.47. The maximum atomic E-state index is 13.8. The molecule has 0 unspecified atom stereocenters. The maximum absolute atomic E-state index is 13.8. The summed E-state index contributed by atoms with van der Waals surface area (Å²) in [5, 5.41) is 0. The minimum Gasteiger partial charge on any atom is -0.322 e. The van der Waals surface area contributed by atoms with Gasteiger partial charge in [-0.1, -0.05) is 30.3 Å². The van der Waals surface area contributed by atoms with E-state index in [1.165, 1.54) is 6.07 Å². The monoisotopic (exact) mass is 274 g/mol. The van der Waals surface area contributed by atoms with Crippen LogP contribution in [0.25, 0.3) is 11.0 Å². The van der Waals surface area contributed by atoms with Crippen molar-refractivity contribution in [1.82, 2.24) is 9.55 Å². The standard InChI is InChI=1S/C15H12ClFN2/c16-9-15-18-13-7-3-4-8-14(13)19(15)10-11-5-1-2-6-12(11)17/h1-8H,9-10H2. The van der Waals surface area contributed by atoms with Crippen LogP contribution in [0, 0.1) is 5.82 Å². The molecular weight excluding hydrogens is 263 g/mol. The SMILES string of the molecule is Fc1ccccc1Cn1c(CCl)nc2ccccc21. The fourth-order valence-corrected chi connectivity index (χ4v) is 2.40. The number of rotatable bonds is 3. The van der Waals surface area contributed by atoms with Gasteiger partial charge in [0.1, 0.15) is 11.6 Å². The summed E-state index contributed by atoms with van der Waals surface area (Å²) in [6, 6.07) is 14.5. The first-order chi connectivity index (χ1) is 9.29. The summed E-state index contributed by atoms with van der Waals surface area (Å²) in [6.07, 6.45) is 0. The molecule has 0 aliphatic carbocycles. The van der Waals surface area contributed by atoms with E-state index in [4.69, 9.17) is 11.6 Å². The van der Waals surface area contributed by atoms with Gasteiger partial charge in [-0.05, 0) is 18.2 Å². The predicted octanol–water partition coefficient (Wildman–Crippen LogP) is 3.96.